The van der Waals surface area contributed by atoms with Crippen molar-refractivity contribution in [2.45, 2.75) is 12.6 Å². The van der Waals surface area contributed by atoms with Crippen LogP contribution >= 0.6 is 0 Å². The van der Waals surface area contributed by atoms with Crippen molar-refractivity contribution in [3.8, 4) is 11.5 Å². The number of benzene rings is 3. The maximum absolute atomic E-state index is 13.6. The summed E-state index contributed by atoms with van der Waals surface area (Å²) in [6.45, 7) is 0.0158. The van der Waals surface area contributed by atoms with E-state index in [0.29, 0.717) is 22.4 Å². The molecule has 0 aliphatic heterocycles. The predicted molar refractivity (Wildman–Crippen MR) is 131 cm³/mol. The number of nitrogens with one attached hydrogen (secondary N) is 1. The Balaban J connectivity index is 1.74. The van der Waals surface area contributed by atoms with Crippen LogP contribution in [0.4, 0.5) is 18.9 Å². The first-order valence-electron chi connectivity index (χ1n) is 11.0. The van der Waals surface area contributed by atoms with Gasteiger partial charge in [-0.2, -0.15) is 13.2 Å². The number of aromatic amines is 1. The van der Waals surface area contributed by atoms with Crippen molar-refractivity contribution in [3.63, 3.8) is 0 Å². The van der Waals surface area contributed by atoms with E-state index in [0.717, 1.165) is 17.7 Å². The summed E-state index contributed by atoms with van der Waals surface area (Å²) in [6.07, 6.45) is -4.30. The van der Waals surface area contributed by atoms with Gasteiger partial charge < -0.3 is 19.4 Å². The fourth-order valence-corrected chi connectivity index (χ4v) is 3.93. The van der Waals surface area contributed by atoms with Gasteiger partial charge in [0.1, 0.15) is 5.56 Å². The Morgan fingerprint density at radius 2 is 1.67 bits per heavy atom. The molecule has 0 aliphatic rings. The van der Waals surface area contributed by atoms with Crippen molar-refractivity contribution in [2.75, 3.05) is 25.7 Å². The van der Waals surface area contributed by atoms with Gasteiger partial charge >= 0.3 is 6.18 Å². The molecule has 0 atom stereocenters. The molecule has 9 heteroatoms. The summed E-state index contributed by atoms with van der Waals surface area (Å²) >= 11 is 0. The number of methoxy groups -OCH3 is 2. The Morgan fingerprint density at radius 3 is 2.39 bits per heavy atom. The van der Waals surface area contributed by atoms with Crippen molar-refractivity contribution in [3.05, 3.63) is 99.8 Å². The number of carbonyl (C=O) groups excluding carboxylic acids is 1. The second-order valence-corrected chi connectivity index (χ2v) is 8.04. The van der Waals surface area contributed by atoms with Crippen LogP contribution in [0.1, 0.15) is 21.5 Å². The van der Waals surface area contributed by atoms with E-state index in [1.54, 1.807) is 42.5 Å². The lowest BCUT2D eigenvalue weighted by Gasteiger charge is -2.24. The average molecular weight is 496 g/mol. The molecular weight excluding hydrogens is 473 g/mol. The van der Waals surface area contributed by atoms with Crippen molar-refractivity contribution >= 4 is 22.5 Å². The van der Waals surface area contributed by atoms with Crippen molar-refractivity contribution < 1.29 is 27.4 Å². The summed E-state index contributed by atoms with van der Waals surface area (Å²) in [7, 11) is 3.00. The highest BCUT2D eigenvalue weighted by atomic mass is 19.4. The smallest absolute Gasteiger partial charge is 0.416 e. The van der Waals surface area contributed by atoms with E-state index in [1.165, 1.54) is 37.3 Å². The normalized spacial score (nSPS) is 11.4. The van der Waals surface area contributed by atoms with Gasteiger partial charge in [0.15, 0.2) is 11.5 Å². The molecule has 1 N–H and O–H groups in total. The first-order valence-corrected chi connectivity index (χ1v) is 11.0. The number of ether oxygens (including phenoxy) is 2. The van der Waals surface area contributed by atoms with Gasteiger partial charge in [0.25, 0.3) is 11.5 Å². The lowest BCUT2D eigenvalue weighted by atomic mass is 10.1. The third kappa shape index (κ3) is 5.19. The second kappa shape index (κ2) is 10.2. The Bertz CT molecular complexity index is 1460. The van der Waals surface area contributed by atoms with Crippen molar-refractivity contribution in [2.24, 2.45) is 0 Å². The molecule has 0 unspecified atom stereocenters. The zero-order valence-corrected chi connectivity index (χ0v) is 19.6. The molecule has 36 heavy (non-hydrogen) atoms. The van der Waals surface area contributed by atoms with E-state index in [4.69, 9.17) is 9.47 Å². The van der Waals surface area contributed by atoms with E-state index in [2.05, 4.69) is 4.98 Å². The second-order valence-electron chi connectivity index (χ2n) is 8.04. The number of para-hydroxylation sites is 1. The number of hydrogen-bond donors (Lipinski definition) is 1. The van der Waals surface area contributed by atoms with Gasteiger partial charge in [-0.25, -0.2) is 0 Å². The van der Waals surface area contributed by atoms with Crippen molar-refractivity contribution in [1.82, 2.24) is 4.98 Å². The molecule has 0 saturated heterocycles. The topological polar surface area (TPSA) is 71.6 Å². The fourth-order valence-electron chi connectivity index (χ4n) is 3.93. The first kappa shape index (κ1) is 24.8. The minimum Gasteiger partial charge on any atom is -0.493 e. The lowest BCUT2D eigenvalue weighted by Crippen LogP contribution is -2.36. The van der Waals surface area contributed by atoms with Gasteiger partial charge in [0.2, 0.25) is 0 Å². The molecule has 0 bridgehead atoms. The number of hydrogen-bond acceptors (Lipinski definition) is 4. The molecule has 0 spiro atoms. The standard InChI is InChI=1S/C27H23F3N2O4/c1-35-23-11-10-17(14-24(23)36-2)12-13-32(20-8-5-7-19(16-20)27(28,29)30)26(34)21-15-18-6-3-4-9-22(18)31-25(21)33/h3-11,14-16H,12-13H2,1-2H3,(H,31,33). The van der Waals surface area contributed by atoms with Crippen molar-refractivity contribution in [1.29, 1.82) is 0 Å². The predicted octanol–water partition coefficient (Wildman–Crippen LogP) is 5.45. The fraction of sp³-hybridized carbons (Fsp3) is 0.185. The highest BCUT2D eigenvalue weighted by Crippen LogP contribution is 2.32. The highest BCUT2D eigenvalue weighted by Gasteiger charge is 2.31. The van der Waals surface area contributed by atoms with E-state index in [9.17, 15) is 22.8 Å². The molecule has 1 heterocycles. The molecule has 6 nitrogen and oxygen atoms in total. The van der Waals surface area contributed by atoms with Gasteiger partial charge in [-0.1, -0.05) is 30.3 Å². The maximum atomic E-state index is 13.6. The largest absolute Gasteiger partial charge is 0.493 e. The number of alkyl halides is 3. The Labute approximate surface area is 204 Å². The van der Waals surface area contributed by atoms with Gasteiger partial charge in [-0.15, -0.1) is 0 Å². The Kier molecular flexibility index (Phi) is 7.00. The highest BCUT2D eigenvalue weighted by molar-refractivity contribution is 6.07. The summed E-state index contributed by atoms with van der Waals surface area (Å²) in [6, 6.07) is 18.1. The quantitative estimate of drug-likeness (QED) is 0.369. The minimum absolute atomic E-state index is 0.0158. The molecule has 3 aromatic carbocycles. The van der Waals surface area contributed by atoms with Gasteiger partial charge in [0.05, 0.1) is 19.8 Å². The number of carbonyl (C=O) groups is 1. The van der Waals surface area contributed by atoms with Crippen LogP contribution in [0.3, 0.4) is 0 Å². The number of amides is 1. The zero-order valence-electron chi connectivity index (χ0n) is 19.6. The Morgan fingerprint density at radius 1 is 0.917 bits per heavy atom. The van der Waals surface area contributed by atoms with Crippen LogP contribution in [0, 0.1) is 0 Å². The van der Waals surface area contributed by atoms with Crippen LogP contribution in [0.5, 0.6) is 11.5 Å². The first-order chi connectivity index (χ1) is 17.2. The molecule has 186 valence electrons. The number of rotatable bonds is 7. The maximum Gasteiger partial charge on any atom is 0.416 e. The number of fused-ring (bicyclic) bond motifs is 1. The molecule has 0 saturated carbocycles. The monoisotopic (exact) mass is 496 g/mol. The van der Waals surface area contributed by atoms with E-state index in [-0.39, 0.29) is 24.2 Å². The molecule has 0 aliphatic carbocycles. The summed E-state index contributed by atoms with van der Waals surface area (Å²) < 4.78 is 50.8. The lowest BCUT2D eigenvalue weighted by molar-refractivity contribution is -0.137. The summed E-state index contributed by atoms with van der Waals surface area (Å²) in [4.78, 5) is 30.2. The number of halogens is 3. The molecule has 1 aromatic heterocycles. The molecular formula is C27H23F3N2O4. The molecule has 4 rings (SSSR count). The SMILES string of the molecule is COc1ccc(CCN(C(=O)c2cc3ccccc3[nH]c2=O)c2cccc(C(F)(F)F)c2)cc1OC. The van der Waals surface area contributed by atoms with E-state index in [1.807, 2.05) is 0 Å². The molecule has 0 fully saturated rings. The number of aromatic nitrogens is 1. The third-order valence-corrected chi connectivity index (χ3v) is 5.79. The summed E-state index contributed by atoms with van der Waals surface area (Å²) in [5, 5.41) is 0.629. The molecule has 4 aromatic rings. The van der Waals surface area contributed by atoms with Gasteiger partial charge in [-0.3, -0.25) is 9.59 Å². The van der Waals surface area contributed by atoms with Gasteiger partial charge in [-0.05, 0) is 59.8 Å². The third-order valence-electron chi connectivity index (χ3n) is 5.79. The van der Waals surface area contributed by atoms with Crippen LogP contribution < -0.4 is 19.9 Å². The van der Waals surface area contributed by atoms with E-state index < -0.39 is 23.2 Å². The van der Waals surface area contributed by atoms with Crippen LogP contribution in [-0.2, 0) is 12.6 Å². The molecule has 0 radical (unpaired) electrons. The number of anilines is 1. The number of H-pyrrole nitrogens is 1. The van der Waals surface area contributed by atoms with Crippen LogP contribution in [0.2, 0.25) is 0 Å². The average Bonchev–Trinajstić information content (AvgIpc) is 2.87. The number of pyridine rings is 1. The zero-order chi connectivity index (χ0) is 25.9. The van der Waals surface area contributed by atoms with Crippen LogP contribution in [-0.4, -0.2) is 31.7 Å². The Hall–Kier alpha value is -4.27. The summed E-state index contributed by atoms with van der Waals surface area (Å²) in [5.41, 5.74) is -0.334. The number of nitrogens with zero attached hydrogens (tertiary/aromatic N) is 1. The molecule has 1 amide bonds. The minimum atomic E-state index is -4.59. The summed E-state index contributed by atoms with van der Waals surface area (Å²) in [5.74, 6) is 0.300. The van der Waals surface area contributed by atoms with Gasteiger partial charge in [0, 0.05) is 17.7 Å². The van der Waals surface area contributed by atoms with Crippen LogP contribution in [0.15, 0.2) is 77.6 Å². The van der Waals surface area contributed by atoms with E-state index >= 15 is 0 Å². The van der Waals surface area contributed by atoms with Crippen LogP contribution in [0.25, 0.3) is 10.9 Å².